The first-order chi connectivity index (χ1) is 5.80. The first-order valence-electron chi connectivity index (χ1n) is 5.11. The standard InChI is InChI=1S/C11H16O/c1-12-11-5-8-2-9(6-11)4-10(3-8)7-11/h8-10H,2-3,5-7H2,1H3. The highest BCUT2D eigenvalue weighted by Crippen LogP contribution is 2.56. The highest BCUT2D eigenvalue weighted by molar-refractivity contribution is 5.09. The van der Waals surface area contributed by atoms with Gasteiger partial charge in [0.1, 0.15) is 0 Å². The van der Waals surface area contributed by atoms with E-state index in [1.54, 1.807) is 0 Å². The van der Waals surface area contributed by atoms with E-state index < -0.39 is 0 Å². The van der Waals surface area contributed by atoms with Gasteiger partial charge in [-0.2, -0.15) is 0 Å². The number of ether oxygens (including phenoxy) is 1. The molecular weight excluding hydrogens is 148 g/mol. The fraction of sp³-hybridized carbons (Fsp3) is 0.909. The molecular formula is C11H16O. The predicted octanol–water partition coefficient (Wildman–Crippen LogP) is 2.29. The van der Waals surface area contributed by atoms with E-state index in [4.69, 9.17) is 4.74 Å². The Kier molecular flexibility index (Phi) is 1.39. The molecule has 1 heteroatoms. The maximum atomic E-state index is 5.71. The summed E-state index contributed by atoms with van der Waals surface area (Å²) in [7, 11) is 1.90. The van der Waals surface area contributed by atoms with Crippen molar-refractivity contribution in [3.63, 3.8) is 0 Å². The average Bonchev–Trinajstić information content (AvgIpc) is 2.02. The largest absolute Gasteiger partial charge is 0.378 e. The summed E-state index contributed by atoms with van der Waals surface area (Å²) in [6.07, 6.45) is 10.4. The second-order valence-corrected chi connectivity index (χ2v) is 4.90. The Hall–Kier alpha value is -0.0400. The van der Waals surface area contributed by atoms with Crippen LogP contribution in [0, 0.1) is 24.2 Å². The van der Waals surface area contributed by atoms with Gasteiger partial charge in [-0.15, -0.1) is 0 Å². The molecule has 2 atom stereocenters. The Balaban J connectivity index is 1.90. The minimum Gasteiger partial charge on any atom is -0.378 e. The van der Waals surface area contributed by atoms with E-state index in [0.29, 0.717) is 0 Å². The number of hydrogen-bond donors (Lipinski definition) is 0. The molecule has 12 heavy (non-hydrogen) atoms. The van der Waals surface area contributed by atoms with E-state index in [1.165, 1.54) is 32.1 Å². The number of rotatable bonds is 1. The zero-order chi connectivity index (χ0) is 8.18. The molecule has 0 aromatic rings. The third-order valence-electron chi connectivity index (χ3n) is 4.04. The highest BCUT2D eigenvalue weighted by Gasteiger charge is 2.51. The van der Waals surface area contributed by atoms with Gasteiger partial charge in [-0.1, -0.05) is 0 Å². The van der Waals surface area contributed by atoms with Crippen LogP contribution in [0.25, 0.3) is 0 Å². The van der Waals surface area contributed by atoms with Gasteiger partial charge < -0.3 is 4.74 Å². The van der Waals surface area contributed by atoms with Gasteiger partial charge in [0, 0.05) is 7.11 Å². The zero-order valence-electron chi connectivity index (χ0n) is 7.68. The summed E-state index contributed by atoms with van der Waals surface area (Å²) in [4.78, 5) is 0. The van der Waals surface area contributed by atoms with Crippen LogP contribution in [-0.4, -0.2) is 12.7 Å². The Morgan fingerprint density at radius 1 is 1.17 bits per heavy atom. The minimum atomic E-state index is 0.280. The fourth-order valence-electron chi connectivity index (χ4n) is 3.75. The van der Waals surface area contributed by atoms with Crippen molar-refractivity contribution >= 4 is 0 Å². The van der Waals surface area contributed by atoms with Crippen LogP contribution in [0.2, 0.25) is 0 Å². The summed E-state index contributed by atoms with van der Waals surface area (Å²) in [5.41, 5.74) is 0.280. The molecule has 0 heterocycles. The van der Waals surface area contributed by atoms with E-state index in [2.05, 4.69) is 6.42 Å². The third kappa shape index (κ3) is 0.891. The van der Waals surface area contributed by atoms with Gasteiger partial charge in [0.05, 0.1) is 5.60 Å². The molecule has 4 bridgehead atoms. The molecule has 4 aliphatic carbocycles. The summed E-state index contributed by atoms with van der Waals surface area (Å²) in [6, 6.07) is 0. The Morgan fingerprint density at radius 3 is 2.33 bits per heavy atom. The summed E-state index contributed by atoms with van der Waals surface area (Å²) >= 11 is 0. The summed E-state index contributed by atoms with van der Waals surface area (Å²) in [6.45, 7) is 0. The molecule has 2 radical (unpaired) electrons. The quantitative estimate of drug-likeness (QED) is 0.577. The van der Waals surface area contributed by atoms with Gasteiger partial charge in [0.25, 0.3) is 0 Å². The van der Waals surface area contributed by atoms with Crippen molar-refractivity contribution in [1.29, 1.82) is 0 Å². The van der Waals surface area contributed by atoms with E-state index in [1.807, 2.05) is 7.11 Å². The molecule has 4 saturated carbocycles. The van der Waals surface area contributed by atoms with E-state index in [9.17, 15) is 0 Å². The average molecular weight is 164 g/mol. The molecule has 0 aliphatic heterocycles. The lowest BCUT2D eigenvalue weighted by Crippen LogP contribution is -2.51. The molecule has 0 N–H and O–H groups in total. The van der Waals surface area contributed by atoms with Crippen molar-refractivity contribution in [1.82, 2.24) is 0 Å². The Bertz CT molecular complexity index is 162. The lowest BCUT2D eigenvalue weighted by atomic mass is 9.54. The third-order valence-corrected chi connectivity index (χ3v) is 4.04. The topological polar surface area (TPSA) is 9.23 Å². The molecule has 2 unspecified atom stereocenters. The Labute approximate surface area is 74.5 Å². The van der Waals surface area contributed by atoms with Gasteiger partial charge in [-0.05, 0) is 56.3 Å². The highest BCUT2D eigenvalue weighted by atomic mass is 16.5. The Morgan fingerprint density at radius 2 is 1.83 bits per heavy atom. The number of methoxy groups -OCH3 is 1. The first kappa shape index (κ1) is 7.37. The van der Waals surface area contributed by atoms with Crippen molar-refractivity contribution in [3.8, 4) is 0 Å². The van der Waals surface area contributed by atoms with Gasteiger partial charge in [0.2, 0.25) is 0 Å². The van der Waals surface area contributed by atoms with Crippen LogP contribution < -0.4 is 0 Å². The molecule has 0 aromatic carbocycles. The van der Waals surface area contributed by atoms with Crippen molar-refractivity contribution in [2.75, 3.05) is 7.11 Å². The zero-order valence-corrected chi connectivity index (χ0v) is 7.68. The van der Waals surface area contributed by atoms with Crippen LogP contribution in [0.5, 0.6) is 0 Å². The molecule has 1 nitrogen and oxygen atoms in total. The summed E-state index contributed by atoms with van der Waals surface area (Å²) in [5, 5.41) is 0. The fourth-order valence-corrected chi connectivity index (χ4v) is 3.75. The van der Waals surface area contributed by atoms with Crippen LogP contribution in [0.1, 0.15) is 32.1 Å². The van der Waals surface area contributed by atoms with Crippen molar-refractivity contribution in [2.45, 2.75) is 37.7 Å². The van der Waals surface area contributed by atoms with Gasteiger partial charge in [0.15, 0.2) is 0 Å². The molecule has 66 valence electrons. The van der Waals surface area contributed by atoms with Gasteiger partial charge in [-0.25, -0.2) is 0 Å². The molecule has 0 saturated heterocycles. The minimum absolute atomic E-state index is 0.280. The van der Waals surface area contributed by atoms with Crippen LogP contribution >= 0.6 is 0 Å². The smallest absolute Gasteiger partial charge is 0.0687 e. The first-order valence-corrected chi connectivity index (χ1v) is 5.11. The van der Waals surface area contributed by atoms with Crippen molar-refractivity contribution < 1.29 is 4.74 Å². The molecule has 0 spiro atoms. The summed E-state index contributed by atoms with van der Waals surface area (Å²) < 4.78 is 5.71. The SMILES string of the molecule is COC12CC3[C]C(CC(C3)C1)C2. The van der Waals surface area contributed by atoms with Gasteiger partial charge >= 0.3 is 0 Å². The maximum Gasteiger partial charge on any atom is 0.0687 e. The predicted molar refractivity (Wildman–Crippen MR) is 46.5 cm³/mol. The van der Waals surface area contributed by atoms with Gasteiger partial charge in [-0.3, -0.25) is 0 Å². The number of hydrogen-bond acceptors (Lipinski definition) is 1. The van der Waals surface area contributed by atoms with Crippen LogP contribution in [0.3, 0.4) is 0 Å². The van der Waals surface area contributed by atoms with Crippen LogP contribution in [0.15, 0.2) is 0 Å². The van der Waals surface area contributed by atoms with Crippen LogP contribution in [-0.2, 0) is 4.74 Å². The lowest BCUT2D eigenvalue weighted by Gasteiger charge is -2.55. The van der Waals surface area contributed by atoms with E-state index >= 15 is 0 Å². The second-order valence-electron chi connectivity index (χ2n) is 4.90. The molecule has 0 amide bonds. The van der Waals surface area contributed by atoms with E-state index in [0.717, 1.165) is 17.8 Å². The van der Waals surface area contributed by atoms with Crippen molar-refractivity contribution in [2.24, 2.45) is 17.8 Å². The molecule has 4 rings (SSSR count). The molecule has 4 fully saturated rings. The van der Waals surface area contributed by atoms with E-state index in [-0.39, 0.29) is 5.60 Å². The lowest BCUT2D eigenvalue weighted by molar-refractivity contribution is -0.127. The monoisotopic (exact) mass is 164 g/mol. The molecule has 0 aromatic heterocycles. The molecule has 4 aliphatic rings. The normalized spacial score (nSPS) is 56.2. The maximum absolute atomic E-state index is 5.71. The van der Waals surface area contributed by atoms with Crippen molar-refractivity contribution in [3.05, 3.63) is 6.42 Å². The summed E-state index contributed by atoms with van der Waals surface area (Å²) in [5.74, 6) is 2.51. The van der Waals surface area contributed by atoms with Crippen LogP contribution in [0.4, 0.5) is 0 Å². The second kappa shape index (κ2) is 2.25.